The van der Waals surface area contributed by atoms with Crippen LogP contribution in [-0.4, -0.2) is 42.9 Å². The summed E-state index contributed by atoms with van der Waals surface area (Å²) in [5, 5.41) is 3.12. The highest BCUT2D eigenvalue weighted by Gasteiger charge is 2.21. The second kappa shape index (κ2) is 9.77. The van der Waals surface area contributed by atoms with Crippen molar-refractivity contribution in [2.24, 2.45) is 11.8 Å². The van der Waals surface area contributed by atoms with Crippen molar-refractivity contribution in [2.45, 2.75) is 25.7 Å². The summed E-state index contributed by atoms with van der Waals surface area (Å²) < 4.78 is 25.2. The molecule has 2 heterocycles. The zero-order valence-electron chi connectivity index (χ0n) is 17.0. The molecule has 0 amide bonds. The number of ether oxygens (including phenoxy) is 2. The minimum atomic E-state index is -0.555. The van der Waals surface area contributed by atoms with Gasteiger partial charge in [0.2, 0.25) is 11.8 Å². The second-order valence-corrected chi connectivity index (χ2v) is 7.81. The van der Waals surface area contributed by atoms with Gasteiger partial charge in [-0.15, -0.1) is 12.3 Å². The van der Waals surface area contributed by atoms with Gasteiger partial charge >= 0.3 is 0 Å². The first-order valence-corrected chi connectivity index (χ1v) is 10.5. The summed E-state index contributed by atoms with van der Waals surface area (Å²) in [5.74, 6) is 3.30. The maximum absolute atomic E-state index is 14.1. The Morgan fingerprint density at radius 3 is 2.60 bits per heavy atom. The van der Waals surface area contributed by atoms with E-state index in [2.05, 4.69) is 26.1 Å². The molecule has 1 aliphatic carbocycles. The van der Waals surface area contributed by atoms with Gasteiger partial charge < -0.3 is 19.7 Å². The average Bonchev–Trinajstić information content (AvgIpc) is 2.81. The molecule has 6 nitrogen and oxygen atoms in total. The number of anilines is 3. The van der Waals surface area contributed by atoms with Gasteiger partial charge in [-0.25, -0.2) is 4.98 Å². The fourth-order valence-corrected chi connectivity index (χ4v) is 3.91. The number of rotatable bonds is 6. The van der Waals surface area contributed by atoms with Gasteiger partial charge in [0.25, 0.3) is 5.88 Å². The van der Waals surface area contributed by atoms with Crippen LogP contribution >= 0.6 is 0 Å². The van der Waals surface area contributed by atoms with E-state index in [1.54, 1.807) is 0 Å². The zero-order chi connectivity index (χ0) is 20.8. The van der Waals surface area contributed by atoms with Gasteiger partial charge in [-0.2, -0.15) is 9.37 Å². The molecule has 0 bridgehead atoms. The Morgan fingerprint density at radius 2 is 1.90 bits per heavy atom. The Morgan fingerprint density at radius 1 is 1.17 bits per heavy atom. The van der Waals surface area contributed by atoms with Crippen LogP contribution in [0.25, 0.3) is 0 Å². The third-order valence-electron chi connectivity index (χ3n) is 5.75. The molecule has 4 rings (SSSR count). The van der Waals surface area contributed by atoms with Gasteiger partial charge in [0.05, 0.1) is 26.0 Å². The zero-order valence-corrected chi connectivity index (χ0v) is 17.0. The number of aromatic nitrogens is 2. The molecular formula is C23H27FN4O2. The Labute approximate surface area is 176 Å². The van der Waals surface area contributed by atoms with Crippen LogP contribution in [0.5, 0.6) is 5.88 Å². The summed E-state index contributed by atoms with van der Waals surface area (Å²) in [5.41, 5.74) is 1.98. The fourth-order valence-electron chi connectivity index (χ4n) is 3.91. The summed E-state index contributed by atoms with van der Waals surface area (Å²) >= 11 is 0. The standard InChI is InChI=1S/C23H27FN4O2/c1-2-17-3-5-18(6-4-17)16-30-22-21(24)15-25-23(27-22)26-19-7-9-20(10-8-19)28-11-13-29-14-12-28/h1,7-10,15,17-18H,3-6,11-14,16H2,(H,25,26,27). The van der Waals surface area contributed by atoms with Crippen molar-refractivity contribution >= 4 is 17.3 Å². The summed E-state index contributed by atoms with van der Waals surface area (Å²) in [6.45, 7) is 3.71. The number of hydrogen-bond acceptors (Lipinski definition) is 6. The van der Waals surface area contributed by atoms with E-state index >= 15 is 0 Å². The first-order chi connectivity index (χ1) is 14.7. The van der Waals surface area contributed by atoms with E-state index in [4.69, 9.17) is 15.9 Å². The number of benzene rings is 1. The predicted molar refractivity (Wildman–Crippen MR) is 115 cm³/mol. The molecular weight excluding hydrogens is 383 g/mol. The van der Waals surface area contributed by atoms with Crippen LogP contribution < -0.4 is 15.0 Å². The molecule has 0 unspecified atom stereocenters. The van der Waals surface area contributed by atoms with Crippen LogP contribution in [0.1, 0.15) is 25.7 Å². The Kier molecular flexibility index (Phi) is 6.65. The Hall–Kier alpha value is -2.85. The lowest BCUT2D eigenvalue weighted by molar-refractivity contribution is 0.122. The molecule has 0 spiro atoms. The first kappa shape index (κ1) is 20.4. The molecule has 1 saturated carbocycles. The van der Waals surface area contributed by atoms with Crippen LogP contribution in [0.2, 0.25) is 0 Å². The molecule has 2 fully saturated rings. The van der Waals surface area contributed by atoms with E-state index in [-0.39, 0.29) is 5.88 Å². The highest BCUT2D eigenvalue weighted by atomic mass is 19.1. The molecule has 30 heavy (non-hydrogen) atoms. The average molecular weight is 410 g/mol. The molecule has 2 aliphatic rings. The molecule has 1 aromatic carbocycles. The van der Waals surface area contributed by atoms with Crippen LogP contribution in [0.3, 0.4) is 0 Å². The summed E-state index contributed by atoms with van der Waals surface area (Å²) in [6.07, 6.45) is 10.7. The van der Waals surface area contributed by atoms with E-state index in [9.17, 15) is 4.39 Å². The lowest BCUT2D eigenvalue weighted by atomic mass is 9.83. The van der Waals surface area contributed by atoms with E-state index in [1.807, 2.05) is 24.3 Å². The Balaban J connectivity index is 1.34. The van der Waals surface area contributed by atoms with Crippen molar-refractivity contribution in [3.8, 4) is 18.2 Å². The van der Waals surface area contributed by atoms with E-state index < -0.39 is 5.82 Å². The topological polar surface area (TPSA) is 59.5 Å². The third-order valence-corrected chi connectivity index (χ3v) is 5.75. The molecule has 7 heteroatoms. The molecule has 1 aromatic heterocycles. The number of nitrogens with zero attached hydrogens (tertiary/aromatic N) is 3. The lowest BCUT2D eigenvalue weighted by Crippen LogP contribution is -2.36. The van der Waals surface area contributed by atoms with Crippen LogP contribution in [0, 0.1) is 30.0 Å². The summed E-state index contributed by atoms with van der Waals surface area (Å²) in [7, 11) is 0. The van der Waals surface area contributed by atoms with Crippen molar-refractivity contribution in [3.63, 3.8) is 0 Å². The number of terminal acetylenes is 1. The highest BCUT2D eigenvalue weighted by Crippen LogP contribution is 2.29. The van der Waals surface area contributed by atoms with Crippen molar-refractivity contribution in [3.05, 3.63) is 36.3 Å². The minimum Gasteiger partial charge on any atom is -0.475 e. The minimum absolute atomic E-state index is 0.0171. The predicted octanol–water partition coefficient (Wildman–Crippen LogP) is 4.01. The van der Waals surface area contributed by atoms with Crippen LogP contribution in [-0.2, 0) is 4.74 Å². The van der Waals surface area contributed by atoms with E-state index in [0.29, 0.717) is 24.4 Å². The normalized spacial score (nSPS) is 21.7. The number of nitrogens with one attached hydrogen (secondary N) is 1. The molecule has 1 saturated heterocycles. The first-order valence-electron chi connectivity index (χ1n) is 10.5. The third kappa shape index (κ3) is 5.19. The monoisotopic (exact) mass is 410 g/mol. The fraction of sp³-hybridized carbons (Fsp3) is 0.478. The molecule has 2 aromatic rings. The lowest BCUT2D eigenvalue weighted by Gasteiger charge is -2.28. The van der Waals surface area contributed by atoms with Crippen molar-refractivity contribution in [1.29, 1.82) is 0 Å². The molecule has 158 valence electrons. The van der Waals surface area contributed by atoms with Crippen molar-refractivity contribution < 1.29 is 13.9 Å². The van der Waals surface area contributed by atoms with Gasteiger partial charge in [-0.05, 0) is 55.9 Å². The molecule has 1 aliphatic heterocycles. The maximum atomic E-state index is 14.1. The smallest absolute Gasteiger partial charge is 0.255 e. The van der Waals surface area contributed by atoms with Gasteiger partial charge in [0, 0.05) is 30.4 Å². The Bertz CT molecular complexity index is 870. The second-order valence-electron chi connectivity index (χ2n) is 7.81. The number of morpholine rings is 1. The molecule has 0 atom stereocenters. The number of hydrogen-bond donors (Lipinski definition) is 1. The SMILES string of the molecule is C#CC1CCC(COc2nc(Nc3ccc(N4CCOCC4)cc3)ncc2F)CC1. The number of halogens is 1. The van der Waals surface area contributed by atoms with E-state index in [1.165, 1.54) is 0 Å². The highest BCUT2D eigenvalue weighted by molar-refractivity contribution is 5.59. The van der Waals surface area contributed by atoms with E-state index in [0.717, 1.165) is 69.6 Å². The van der Waals surface area contributed by atoms with Crippen molar-refractivity contribution in [1.82, 2.24) is 9.97 Å². The quantitative estimate of drug-likeness (QED) is 0.726. The largest absolute Gasteiger partial charge is 0.475 e. The molecule has 1 N–H and O–H groups in total. The summed E-state index contributed by atoms with van der Waals surface area (Å²) in [4.78, 5) is 10.5. The van der Waals surface area contributed by atoms with Crippen LogP contribution in [0.15, 0.2) is 30.5 Å². The van der Waals surface area contributed by atoms with Crippen LogP contribution in [0.4, 0.5) is 21.7 Å². The van der Waals surface area contributed by atoms with Crippen molar-refractivity contribution in [2.75, 3.05) is 43.1 Å². The maximum Gasteiger partial charge on any atom is 0.255 e. The molecule has 0 radical (unpaired) electrons. The van der Waals surface area contributed by atoms with Gasteiger partial charge in [-0.3, -0.25) is 0 Å². The van der Waals surface area contributed by atoms with Gasteiger partial charge in [-0.1, -0.05) is 0 Å². The van der Waals surface area contributed by atoms with Gasteiger partial charge in [0.1, 0.15) is 0 Å². The summed E-state index contributed by atoms with van der Waals surface area (Å²) in [6, 6.07) is 8.01. The van der Waals surface area contributed by atoms with Gasteiger partial charge in [0.15, 0.2) is 0 Å².